The number of rotatable bonds is 4. The first-order chi connectivity index (χ1) is 18.7. The quantitative estimate of drug-likeness (QED) is 0.253. The normalized spacial score (nSPS) is 20.9. The standard InChI is InChI=1S/C37H38N2/c1-36(2)32(38(5)30-24-22-26-16-12-14-18-28(26)34(30)36)20-10-8-7-9-11-21-33-37(3,4)35-29-19-15-13-17-27(29)23-25-31(35)39(33)6/h7-25,32H,1-6H3/b8-7+,11-9+,20-10+,33-21+. The Morgan fingerprint density at radius 3 is 1.87 bits per heavy atom. The topological polar surface area (TPSA) is 6.48 Å². The second kappa shape index (κ2) is 9.31. The van der Waals surface area contributed by atoms with Crippen LogP contribution < -0.4 is 9.80 Å². The van der Waals surface area contributed by atoms with E-state index >= 15 is 0 Å². The predicted octanol–water partition coefficient (Wildman–Crippen LogP) is 9.07. The summed E-state index contributed by atoms with van der Waals surface area (Å²) in [6.45, 7) is 9.41. The molecule has 4 aromatic rings. The van der Waals surface area contributed by atoms with Crippen molar-refractivity contribution in [3.05, 3.63) is 132 Å². The third-order valence-corrected chi connectivity index (χ3v) is 8.98. The molecule has 0 saturated heterocycles. The lowest BCUT2D eigenvalue weighted by atomic mass is 9.78. The van der Waals surface area contributed by atoms with Crippen LogP contribution in [0.25, 0.3) is 21.5 Å². The Hall–Kier alpha value is -4.04. The van der Waals surface area contributed by atoms with Gasteiger partial charge in [0.1, 0.15) is 0 Å². The molecule has 2 heteroatoms. The fraction of sp³-hybridized carbons (Fsp3) is 0.243. The van der Waals surface area contributed by atoms with Crippen LogP contribution in [0.4, 0.5) is 11.4 Å². The van der Waals surface area contributed by atoms with Crippen LogP contribution in [0.2, 0.25) is 0 Å². The molecule has 39 heavy (non-hydrogen) atoms. The summed E-state index contributed by atoms with van der Waals surface area (Å²) in [5, 5.41) is 5.33. The molecule has 0 aliphatic carbocycles. The molecule has 2 nitrogen and oxygen atoms in total. The number of fused-ring (bicyclic) bond motifs is 6. The Balaban J connectivity index is 1.19. The summed E-state index contributed by atoms with van der Waals surface area (Å²) in [6, 6.07) is 26.8. The fourth-order valence-corrected chi connectivity index (χ4v) is 7.08. The molecule has 0 N–H and O–H groups in total. The molecule has 6 rings (SSSR count). The van der Waals surface area contributed by atoms with Gasteiger partial charge >= 0.3 is 0 Å². The monoisotopic (exact) mass is 510 g/mol. The third-order valence-electron chi connectivity index (χ3n) is 8.98. The zero-order valence-electron chi connectivity index (χ0n) is 23.9. The van der Waals surface area contributed by atoms with E-state index < -0.39 is 0 Å². The lowest BCUT2D eigenvalue weighted by Crippen LogP contribution is -2.37. The Morgan fingerprint density at radius 2 is 1.18 bits per heavy atom. The molecular weight excluding hydrogens is 472 g/mol. The minimum Gasteiger partial charge on any atom is -0.367 e. The number of benzene rings is 4. The Bertz CT molecular complexity index is 1700. The molecule has 2 aliphatic rings. The molecule has 0 amide bonds. The minimum atomic E-state index is -0.0588. The second-order valence-electron chi connectivity index (χ2n) is 12.0. The largest absolute Gasteiger partial charge is 0.367 e. The molecule has 0 spiro atoms. The molecule has 0 radical (unpaired) electrons. The molecule has 0 saturated carbocycles. The summed E-state index contributed by atoms with van der Waals surface area (Å²) < 4.78 is 0. The van der Waals surface area contributed by atoms with Crippen molar-refractivity contribution in [3.63, 3.8) is 0 Å². The van der Waals surface area contributed by atoms with Crippen LogP contribution in [0, 0.1) is 0 Å². The highest BCUT2D eigenvalue weighted by Gasteiger charge is 2.42. The van der Waals surface area contributed by atoms with E-state index in [4.69, 9.17) is 0 Å². The van der Waals surface area contributed by atoms with Gasteiger partial charge in [0.2, 0.25) is 0 Å². The maximum Gasteiger partial charge on any atom is 0.0565 e. The average Bonchev–Trinajstić information content (AvgIpc) is 3.25. The SMILES string of the molecule is CN1/C(=C/C=C/C=C/C=C/C2N(C)c3ccc4ccccc4c3C2(C)C)C(C)(C)c2c1ccc1ccccc21. The van der Waals surface area contributed by atoms with Gasteiger partial charge in [-0.05, 0) is 50.9 Å². The van der Waals surface area contributed by atoms with Crippen molar-refractivity contribution in [2.45, 2.75) is 44.6 Å². The van der Waals surface area contributed by atoms with Crippen molar-refractivity contribution in [2.75, 3.05) is 23.9 Å². The van der Waals surface area contributed by atoms with Crippen molar-refractivity contribution in [1.82, 2.24) is 0 Å². The molecule has 0 bridgehead atoms. The van der Waals surface area contributed by atoms with Crippen LogP contribution in [-0.4, -0.2) is 20.1 Å². The van der Waals surface area contributed by atoms with E-state index in [9.17, 15) is 0 Å². The first-order valence-corrected chi connectivity index (χ1v) is 14.0. The molecule has 0 aromatic heterocycles. The van der Waals surface area contributed by atoms with Crippen LogP contribution in [0.1, 0.15) is 38.8 Å². The zero-order chi connectivity index (χ0) is 27.4. The van der Waals surface area contributed by atoms with E-state index in [0.29, 0.717) is 6.04 Å². The van der Waals surface area contributed by atoms with Crippen molar-refractivity contribution in [2.24, 2.45) is 0 Å². The number of hydrogen-bond donors (Lipinski definition) is 0. The average molecular weight is 511 g/mol. The van der Waals surface area contributed by atoms with Crippen LogP contribution >= 0.6 is 0 Å². The summed E-state index contributed by atoms with van der Waals surface area (Å²) in [7, 11) is 4.40. The molecule has 2 heterocycles. The first-order valence-electron chi connectivity index (χ1n) is 14.0. The Kier molecular flexibility index (Phi) is 6.03. The summed E-state index contributed by atoms with van der Waals surface area (Å²) >= 11 is 0. The van der Waals surface area contributed by atoms with Crippen LogP contribution in [-0.2, 0) is 10.8 Å². The summed E-state index contributed by atoms with van der Waals surface area (Å²) in [6.07, 6.45) is 15.4. The predicted molar refractivity (Wildman–Crippen MR) is 170 cm³/mol. The highest BCUT2D eigenvalue weighted by Crippen LogP contribution is 2.50. The van der Waals surface area contributed by atoms with Gasteiger partial charge in [-0.15, -0.1) is 0 Å². The van der Waals surface area contributed by atoms with Gasteiger partial charge in [0, 0.05) is 42.0 Å². The van der Waals surface area contributed by atoms with Crippen molar-refractivity contribution < 1.29 is 0 Å². The lowest BCUT2D eigenvalue weighted by molar-refractivity contribution is 0.491. The van der Waals surface area contributed by atoms with Gasteiger partial charge < -0.3 is 9.80 Å². The van der Waals surface area contributed by atoms with E-state index in [1.54, 1.807) is 0 Å². The fourth-order valence-electron chi connectivity index (χ4n) is 7.08. The van der Waals surface area contributed by atoms with Gasteiger partial charge in [0.25, 0.3) is 0 Å². The number of anilines is 2. The zero-order valence-corrected chi connectivity index (χ0v) is 23.9. The number of likely N-dealkylation sites (N-methyl/N-ethyl adjacent to an activating group) is 2. The van der Waals surface area contributed by atoms with E-state index in [1.165, 1.54) is 49.7 Å². The van der Waals surface area contributed by atoms with Gasteiger partial charge in [-0.1, -0.05) is 125 Å². The summed E-state index contributed by atoms with van der Waals surface area (Å²) in [5.41, 5.74) is 6.77. The number of nitrogens with zero attached hydrogens (tertiary/aromatic N) is 2. The minimum absolute atomic E-state index is 0.0212. The molecule has 0 fully saturated rings. The lowest BCUT2D eigenvalue weighted by Gasteiger charge is -2.29. The molecule has 1 atom stereocenters. The van der Waals surface area contributed by atoms with Crippen LogP contribution in [0.3, 0.4) is 0 Å². The summed E-state index contributed by atoms with van der Waals surface area (Å²) in [5.74, 6) is 0. The Morgan fingerprint density at radius 1 is 0.615 bits per heavy atom. The first kappa shape index (κ1) is 25.2. The van der Waals surface area contributed by atoms with Gasteiger partial charge in [-0.2, -0.15) is 0 Å². The highest BCUT2D eigenvalue weighted by molar-refractivity contribution is 5.95. The smallest absolute Gasteiger partial charge is 0.0565 e. The van der Waals surface area contributed by atoms with Gasteiger partial charge in [-0.3, -0.25) is 0 Å². The van der Waals surface area contributed by atoms with E-state index in [2.05, 4.69) is 167 Å². The van der Waals surface area contributed by atoms with Crippen molar-refractivity contribution >= 4 is 32.9 Å². The molecule has 1 unspecified atom stereocenters. The number of hydrogen-bond acceptors (Lipinski definition) is 2. The second-order valence-corrected chi connectivity index (χ2v) is 12.0. The molecular formula is C37H38N2. The van der Waals surface area contributed by atoms with Gasteiger partial charge in [-0.25, -0.2) is 0 Å². The maximum atomic E-state index is 2.42. The van der Waals surface area contributed by atoms with E-state index in [1.807, 2.05) is 0 Å². The van der Waals surface area contributed by atoms with Gasteiger partial charge in [0.15, 0.2) is 0 Å². The van der Waals surface area contributed by atoms with E-state index in [-0.39, 0.29) is 10.8 Å². The molecule has 2 aliphatic heterocycles. The van der Waals surface area contributed by atoms with E-state index in [0.717, 1.165) is 0 Å². The van der Waals surface area contributed by atoms with Crippen LogP contribution in [0.15, 0.2) is 121 Å². The third kappa shape index (κ3) is 3.93. The highest BCUT2D eigenvalue weighted by atomic mass is 15.2. The molecule has 4 aromatic carbocycles. The summed E-state index contributed by atoms with van der Waals surface area (Å²) in [4.78, 5) is 4.76. The van der Waals surface area contributed by atoms with Gasteiger partial charge in [0.05, 0.1) is 6.04 Å². The Labute approximate surface area is 233 Å². The van der Waals surface area contributed by atoms with Crippen LogP contribution in [0.5, 0.6) is 0 Å². The maximum absolute atomic E-state index is 2.42. The molecule has 196 valence electrons. The number of allylic oxidation sites excluding steroid dienone is 7. The van der Waals surface area contributed by atoms with Crippen molar-refractivity contribution in [1.29, 1.82) is 0 Å². The van der Waals surface area contributed by atoms with Crippen molar-refractivity contribution in [3.8, 4) is 0 Å².